The molecule has 0 bridgehead atoms. The van der Waals surface area contributed by atoms with E-state index in [1.54, 1.807) is 0 Å². The lowest BCUT2D eigenvalue weighted by Crippen LogP contribution is -2.31. The molecule has 0 radical (unpaired) electrons. The molecule has 90 valence electrons. The fourth-order valence-corrected chi connectivity index (χ4v) is 3.36. The average molecular weight is 238 g/mol. The fraction of sp³-hybridized carbons (Fsp3) is 0.692. The van der Waals surface area contributed by atoms with Crippen LogP contribution in [-0.2, 0) is 0 Å². The first-order chi connectivity index (χ1) is 7.79. The van der Waals surface area contributed by atoms with Gasteiger partial charge in [0.1, 0.15) is 0 Å². The highest BCUT2D eigenvalue weighted by atomic mass is 32.1. The van der Waals surface area contributed by atoms with Crippen LogP contribution in [0.25, 0.3) is 0 Å². The van der Waals surface area contributed by atoms with Crippen molar-refractivity contribution < 1.29 is 0 Å². The van der Waals surface area contributed by atoms with Crippen molar-refractivity contribution >= 4 is 11.3 Å². The van der Waals surface area contributed by atoms with Gasteiger partial charge < -0.3 is 11.1 Å². The van der Waals surface area contributed by atoms with Gasteiger partial charge in [-0.2, -0.15) is 0 Å². The second-order valence-corrected chi connectivity index (χ2v) is 5.77. The minimum atomic E-state index is 0.420. The largest absolute Gasteiger partial charge is 0.328 e. The number of thiophene rings is 1. The van der Waals surface area contributed by atoms with Gasteiger partial charge in [-0.3, -0.25) is 0 Å². The van der Waals surface area contributed by atoms with Crippen molar-refractivity contribution in [2.45, 2.75) is 57.2 Å². The first kappa shape index (κ1) is 12.1. The van der Waals surface area contributed by atoms with Gasteiger partial charge in [0.15, 0.2) is 0 Å². The van der Waals surface area contributed by atoms with E-state index in [-0.39, 0.29) is 0 Å². The third kappa shape index (κ3) is 3.06. The minimum absolute atomic E-state index is 0.420. The summed E-state index contributed by atoms with van der Waals surface area (Å²) < 4.78 is 0. The van der Waals surface area contributed by atoms with Crippen LogP contribution in [0.2, 0.25) is 0 Å². The molecule has 1 saturated carbocycles. The van der Waals surface area contributed by atoms with Crippen LogP contribution in [-0.4, -0.2) is 12.1 Å². The Bertz CT molecular complexity index is 297. The van der Waals surface area contributed by atoms with E-state index >= 15 is 0 Å². The number of hydrogen-bond donors (Lipinski definition) is 2. The number of nitrogens with two attached hydrogens (primary N) is 1. The molecule has 1 aliphatic carbocycles. The molecule has 0 amide bonds. The molecule has 0 aliphatic heterocycles. The van der Waals surface area contributed by atoms with E-state index in [0.29, 0.717) is 18.1 Å². The Morgan fingerprint density at radius 2 is 2.44 bits per heavy atom. The van der Waals surface area contributed by atoms with E-state index in [2.05, 4.69) is 29.8 Å². The van der Waals surface area contributed by atoms with Gasteiger partial charge in [-0.05, 0) is 37.1 Å². The first-order valence-corrected chi connectivity index (χ1v) is 7.22. The van der Waals surface area contributed by atoms with Gasteiger partial charge in [-0.1, -0.05) is 19.4 Å². The van der Waals surface area contributed by atoms with E-state index in [1.165, 1.54) is 30.6 Å². The van der Waals surface area contributed by atoms with Crippen molar-refractivity contribution in [3.8, 4) is 0 Å². The second-order valence-electron chi connectivity index (χ2n) is 4.79. The Balaban J connectivity index is 1.93. The smallest absolute Gasteiger partial charge is 0.0416 e. The monoisotopic (exact) mass is 238 g/mol. The van der Waals surface area contributed by atoms with Crippen molar-refractivity contribution in [1.29, 1.82) is 0 Å². The maximum atomic E-state index is 5.96. The molecule has 0 aromatic carbocycles. The summed E-state index contributed by atoms with van der Waals surface area (Å²) in [5.74, 6) is 0. The van der Waals surface area contributed by atoms with Crippen LogP contribution in [0.15, 0.2) is 17.5 Å². The lowest BCUT2D eigenvalue weighted by molar-refractivity contribution is 0.418. The normalized spacial score (nSPS) is 27.1. The van der Waals surface area contributed by atoms with Crippen molar-refractivity contribution in [3.63, 3.8) is 0 Å². The van der Waals surface area contributed by atoms with E-state index in [9.17, 15) is 0 Å². The summed E-state index contributed by atoms with van der Waals surface area (Å²) in [6.45, 7) is 2.25. The van der Waals surface area contributed by atoms with Gasteiger partial charge in [0.2, 0.25) is 0 Å². The van der Waals surface area contributed by atoms with E-state index in [4.69, 9.17) is 5.73 Å². The molecule has 0 spiro atoms. The maximum Gasteiger partial charge on any atom is 0.0416 e. The van der Waals surface area contributed by atoms with Gasteiger partial charge >= 0.3 is 0 Å². The molecular weight excluding hydrogens is 216 g/mol. The highest BCUT2D eigenvalue weighted by molar-refractivity contribution is 7.10. The number of rotatable bonds is 5. The predicted molar refractivity (Wildman–Crippen MR) is 70.7 cm³/mol. The predicted octanol–water partition coefficient (Wildman–Crippen LogP) is 3.06. The first-order valence-electron chi connectivity index (χ1n) is 6.34. The van der Waals surface area contributed by atoms with Crippen molar-refractivity contribution in [1.82, 2.24) is 5.32 Å². The molecular formula is C13H22N2S. The second kappa shape index (κ2) is 5.80. The Kier molecular flexibility index (Phi) is 4.38. The summed E-state index contributed by atoms with van der Waals surface area (Å²) >= 11 is 1.86. The number of nitrogens with one attached hydrogen (secondary N) is 1. The summed E-state index contributed by atoms with van der Waals surface area (Å²) in [6, 6.07) is 5.98. The Hall–Kier alpha value is -0.380. The standard InChI is InChI=1S/C13H22N2S/c1-2-4-12(13-5-3-8-16-13)15-11-7-6-10(14)9-11/h3,5,8,10-12,15H,2,4,6-7,9,14H2,1H3. The molecule has 3 atom stereocenters. The third-order valence-electron chi connectivity index (χ3n) is 3.37. The summed E-state index contributed by atoms with van der Waals surface area (Å²) in [7, 11) is 0. The van der Waals surface area contributed by atoms with E-state index in [0.717, 1.165) is 6.42 Å². The number of hydrogen-bond acceptors (Lipinski definition) is 3. The molecule has 3 unspecified atom stereocenters. The Labute approximate surface area is 102 Å². The highest BCUT2D eigenvalue weighted by Crippen LogP contribution is 2.27. The molecule has 3 heteroatoms. The van der Waals surface area contributed by atoms with Gasteiger partial charge in [0, 0.05) is 23.0 Å². The van der Waals surface area contributed by atoms with Crippen LogP contribution in [0.1, 0.15) is 49.9 Å². The molecule has 1 fully saturated rings. The quantitative estimate of drug-likeness (QED) is 0.827. The van der Waals surface area contributed by atoms with Crippen molar-refractivity contribution in [2.24, 2.45) is 5.73 Å². The van der Waals surface area contributed by atoms with Gasteiger partial charge in [-0.15, -0.1) is 11.3 Å². The van der Waals surface area contributed by atoms with E-state index in [1.807, 2.05) is 11.3 Å². The molecule has 1 aromatic rings. The van der Waals surface area contributed by atoms with Crippen LogP contribution in [0.4, 0.5) is 0 Å². The van der Waals surface area contributed by atoms with Crippen LogP contribution in [0, 0.1) is 0 Å². The van der Waals surface area contributed by atoms with Gasteiger partial charge in [0.25, 0.3) is 0 Å². The lowest BCUT2D eigenvalue weighted by atomic mass is 10.1. The van der Waals surface area contributed by atoms with Crippen LogP contribution in [0.5, 0.6) is 0 Å². The van der Waals surface area contributed by atoms with Crippen LogP contribution in [0.3, 0.4) is 0 Å². The molecule has 1 aromatic heterocycles. The minimum Gasteiger partial charge on any atom is -0.328 e. The molecule has 16 heavy (non-hydrogen) atoms. The molecule has 1 heterocycles. The third-order valence-corrected chi connectivity index (χ3v) is 4.36. The average Bonchev–Trinajstić information content (AvgIpc) is 2.88. The molecule has 1 aliphatic rings. The van der Waals surface area contributed by atoms with Crippen molar-refractivity contribution in [3.05, 3.63) is 22.4 Å². The van der Waals surface area contributed by atoms with Crippen molar-refractivity contribution in [2.75, 3.05) is 0 Å². The molecule has 2 rings (SSSR count). The van der Waals surface area contributed by atoms with Crippen LogP contribution < -0.4 is 11.1 Å². The topological polar surface area (TPSA) is 38.0 Å². The fourth-order valence-electron chi connectivity index (χ4n) is 2.54. The summed E-state index contributed by atoms with van der Waals surface area (Å²) in [5, 5.41) is 5.95. The van der Waals surface area contributed by atoms with E-state index < -0.39 is 0 Å². The van der Waals surface area contributed by atoms with Crippen LogP contribution >= 0.6 is 11.3 Å². The lowest BCUT2D eigenvalue weighted by Gasteiger charge is -2.21. The zero-order valence-electron chi connectivity index (χ0n) is 9.99. The Morgan fingerprint density at radius 1 is 1.56 bits per heavy atom. The summed E-state index contributed by atoms with van der Waals surface area (Å²) in [5.41, 5.74) is 5.96. The summed E-state index contributed by atoms with van der Waals surface area (Å²) in [6.07, 6.45) is 6.03. The van der Waals surface area contributed by atoms with Gasteiger partial charge in [-0.25, -0.2) is 0 Å². The molecule has 2 nitrogen and oxygen atoms in total. The molecule has 0 saturated heterocycles. The van der Waals surface area contributed by atoms with Gasteiger partial charge in [0.05, 0.1) is 0 Å². The Morgan fingerprint density at radius 3 is 3.00 bits per heavy atom. The summed E-state index contributed by atoms with van der Waals surface area (Å²) in [4.78, 5) is 1.47. The zero-order chi connectivity index (χ0) is 11.4. The maximum absolute atomic E-state index is 5.96. The highest BCUT2D eigenvalue weighted by Gasteiger charge is 2.24. The SMILES string of the molecule is CCCC(NC1CCC(N)C1)c1cccs1. The molecule has 3 N–H and O–H groups in total. The zero-order valence-corrected chi connectivity index (χ0v) is 10.8.